The lowest BCUT2D eigenvalue weighted by Crippen LogP contribution is -2.12. The summed E-state index contributed by atoms with van der Waals surface area (Å²) in [6.45, 7) is 5.98. The van der Waals surface area contributed by atoms with E-state index in [4.69, 9.17) is 14.2 Å². The fourth-order valence-electron chi connectivity index (χ4n) is 1.66. The lowest BCUT2D eigenvalue weighted by molar-refractivity contribution is 0.0193. The maximum absolute atomic E-state index is 13.6. The lowest BCUT2D eigenvalue weighted by atomic mass is 10.1. The molecule has 0 atom stereocenters. The van der Waals surface area contributed by atoms with Gasteiger partial charge in [0.05, 0.1) is 33.0 Å². The van der Waals surface area contributed by atoms with Gasteiger partial charge in [-0.05, 0) is 24.2 Å². The van der Waals surface area contributed by atoms with E-state index in [0.29, 0.717) is 32.0 Å². The molecule has 0 aliphatic heterocycles. The monoisotopic (exact) mass is 285 g/mol. The van der Waals surface area contributed by atoms with Crippen LogP contribution < -0.4 is 5.32 Å². The zero-order valence-corrected chi connectivity index (χ0v) is 12.3. The fourth-order valence-corrected chi connectivity index (χ4v) is 1.66. The molecule has 0 spiro atoms. The largest absolute Gasteiger partial charge is 0.382 e. The predicted molar refractivity (Wildman–Crippen MR) is 76.1 cm³/mol. The second-order valence-electron chi connectivity index (χ2n) is 4.36. The predicted octanol–water partition coefficient (Wildman–Crippen LogP) is 2.11. The van der Waals surface area contributed by atoms with Crippen molar-refractivity contribution >= 4 is 0 Å². The van der Waals surface area contributed by atoms with E-state index in [1.54, 1.807) is 13.2 Å². The van der Waals surface area contributed by atoms with Gasteiger partial charge in [-0.1, -0.05) is 13.0 Å². The van der Waals surface area contributed by atoms with Crippen molar-refractivity contribution < 1.29 is 18.6 Å². The Hall–Kier alpha value is -1.01. The summed E-state index contributed by atoms with van der Waals surface area (Å²) in [4.78, 5) is 0. The van der Waals surface area contributed by atoms with E-state index in [9.17, 15) is 4.39 Å². The van der Waals surface area contributed by atoms with Crippen LogP contribution in [0.1, 0.15) is 18.1 Å². The van der Waals surface area contributed by atoms with Crippen LogP contribution in [-0.2, 0) is 27.4 Å². The third-order valence-electron chi connectivity index (χ3n) is 2.75. The smallest absolute Gasteiger partial charge is 0.128 e. The highest BCUT2D eigenvalue weighted by Crippen LogP contribution is 2.12. The topological polar surface area (TPSA) is 39.7 Å². The van der Waals surface area contributed by atoms with Crippen LogP contribution in [0.3, 0.4) is 0 Å². The molecule has 0 radical (unpaired) electrons. The molecule has 0 saturated heterocycles. The minimum atomic E-state index is -0.231. The first-order valence-electron chi connectivity index (χ1n) is 6.90. The number of methoxy groups -OCH3 is 1. The van der Waals surface area contributed by atoms with E-state index in [0.717, 1.165) is 18.7 Å². The Balaban J connectivity index is 2.27. The number of rotatable bonds is 11. The highest BCUT2D eigenvalue weighted by molar-refractivity contribution is 5.24. The fraction of sp³-hybridized carbons (Fsp3) is 0.600. The van der Waals surface area contributed by atoms with Crippen molar-refractivity contribution in [1.29, 1.82) is 0 Å². The molecule has 0 aromatic heterocycles. The minimum absolute atomic E-state index is 0.231. The minimum Gasteiger partial charge on any atom is -0.382 e. The summed E-state index contributed by atoms with van der Waals surface area (Å²) in [6, 6.07) is 5.11. The third-order valence-corrected chi connectivity index (χ3v) is 2.75. The molecule has 5 heteroatoms. The van der Waals surface area contributed by atoms with E-state index in [1.807, 2.05) is 13.0 Å². The molecule has 0 heterocycles. The van der Waals surface area contributed by atoms with Gasteiger partial charge in [0.1, 0.15) is 5.82 Å². The van der Waals surface area contributed by atoms with Gasteiger partial charge in [0.15, 0.2) is 0 Å². The SMILES string of the molecule is CCNCc1ccc(F)c(COCCOCCOC)c1. The maximum Gasteiger partial charge on any atom is 0.128 e. The number of halogens is 1. The summed E-state index contributed by atoms with van der Waals surface area (Å²) >= 11 is 0. The van der Waals surface area contributed by atoms with Gasteiger partial charge < -0.3 is 19.5 Å². The van der Waals surface area contributed by atoms with Crippen molar-refractivity contribution in [2.75, 3.05) is 40.1 Å². The summed E-state index contributed by atoms with van der Waals surface area (Å²) in [6.07, 6.45) is 0. The van der Waals surface area contributed by atoms with Gasteiger partial charge in [0.2, 0.25) is 0 Å². The first kappa shape index (κ1) is 17.0. The molecule has 0 saturated carbocycles. The molecule has 114 valence electrons. The molecular formula is C15H24FNO3. The van der Waals surface area contributed by atoms with Crippen molar-refractivity contribution in [3.05, 3.63) is 35.1 Å². The van der Waals surface area contributed by atoms with E-state index >= 15 is 0 Å². The molecule has 1 rings (SSSR count). The van der Waals surface area contributed by atoms with Crippen LogP contribution >= 0.6 is 0 Å². The van der Waals surface area contributed by atoms with Gasteiger partial charge in [0.25, 0.3) is 0 Å². The van der Waals surface area contributed by atoms with Gasteiger partial charge in [0, 0.05) is 19.2 Å². The van der Waals surface area contributed by atoms with Gasteiger partial charge in [-0.15, -0.1) is 0 Å². The first-order valence-corrected chi connectivity index (χ1v) is 6.90. The van der Waals surface area contributed by atoms with Crippen molar-refractivity contribution in [3.63, 3.8) is 0 Å². The molecular weight excluding hydrogens is 261 g/mol. The number of ether oxygens (including phenoxy) is 3. The number of hydrogen-bond donors (Lipinski definition) is 1. The van der Waals surface area contributed by atoms with Crippen LogP contribution in [-0.4, -0.2) is 40.1 Å². The molecule has 0 unspecified atom stereocenters. The average Bonchev–Trinajstić information content (AvgIpc) is 2.46. The second kappa shape index (κ2) is 10.7. The molecule has 0 amide bonds. The van der Waals surface area contributed by atoms with Crippen molar-refractivity contribution in [2.45, 2.75) is 20.1 Å². The van der Waals surface area contributed by atoms with Crippen LogP contribution in [0.4, 0.5) is 4.39 Å². The Morgan fingerprint density at radius 1 is 1.10 bits per heavy atom. The summed E-state index contributed by atoms with van der Waals surface area (Å²) in [5.74, 6) is -0.231. The third kappa shape index (κ3) is 6.96. The number of nitrogens with one attached hydrogen (secondary N) is 1. The maximum atomic E-state index is 13.6. The molecule has 0 bridgehead atoms. The Labute approximate surface area is 120 Å². The van der Waals surface area contributed by atoms with Crippen molar-refractivity contribution in [2.24, 2.45) is 0 Å². The molecule has 1 aromatic carbocycles. The molecule has 0 aliphatic rings. The number of hydrogen-bond acceptors (Lipinski definition) is 4. The zero-order valence-electron chi connectivity index (χ0n) is 12.3. The Kier molecular flexibility index (Phi) is 9.15. The first-order chi connectivity index (χ1) is 9.77. The normalized spacial score (nSPS) is 10.9. The average molecular weight is 285 g/mol. The molecule has 0 fully saturated rings. The van der Waals surface area contributed by atoms with Gasteiger partial charge in [-0.25, -0.2) is 4.39 Å². The van der Waals surface area contributed by atoms with E-state index < -0.39 is 0 Å². The van der Waals surface area contributed by atoms with Crippen LogP contribution in [0.25, 0.3) is 0 Å². The van der Waals surface area contributed by atoms with Crippen LogP contribution in [0, 0.1) is 5.82 Å². The van der Waals surface area contributed by atoms with Gasteiger partial charge in [-0.2, -0.15) is 0 Å². The Bertz CT molecular complexity index is 374. The highest BCUT2D eigenvalue weighted by Gasteiger charge is 2.04. The molecule has 4 nitrogen and oxygen atoms in total. The Morgan fingerprint density at radius 3 is 2.60 bits per heavy atom. The number of benzene rings is 1. The van der Waals surface area contributed by atoms with Crippen molar-refractivity contribution in [1.82, 2.24) is 5.32 Å². The molecule has 1 aromatic rings. The summed E-state index contributed by atoms with van der Waals surface area (Å²) < 4.78 is 29.2. The van der Waals surface area contributed by atoms with E-state index in [-0.39, 0.29) is 12.4 Å². The second-order valence-corrected chi connectivity index (χ2v) is 4.36. The highest BCUT2D eigenvalue weighted by atomic mass is 19.1. The summed E-state index contributed by atoms with van der Waals surface area (Å²) in [5.41, 5.74) is 1.64. The van der Waals surface area contributed by atoms with E-state index in [2.05, 4.69) is 5.32 Å². The van der Waals surface area contributed by atoms with Gasteiger partial charge >= 0.3 is 0 Å². The quantitative estimate of drug-likeness (QED) is 0.632. The van der Waals surface area contributed by atoms with Gasteiger partial charge in [-0.3, -0.25) is 0 Å². The lowest BCUT2D eigenvalue weighted by Gasteiger charge is -2.09. The van der Waals surface area contributed by atoms with Crippen LogP contribution in [0.15, 0.2) is 18.2 Å². The molecule has 20 heavy (non-hydrogen) atoms. The standard InChI is InChI=1S/C15H24FNO3/c1-3-17-11-13-4-5-15(16)14(10-13)12-20-9-8-19-7-6-18-2/h4-5,10,17H,3,6-9,11-12H2,1-2H3. The Morgan fingerprint density at radius 2 is 1.85 bits per heavy atom. The zero-order chi connectivity index (χ0) is 14.6. The summed E-state index contributed by atoms with van der Waals surface area (Å²) in [7, 11) is 1.63. The van der Waals surface area contributed by atoms with Crippen LogP contribution in [0.5, 0.6) is 0 Å². The van der Waals surface area contributed by atoms with Crippen LogP contribution in [0.2, 0.25) is 0 Å². The molecule has 0 aliphatic carbocycles. The van der Waals surface area contributed by atoms with Crippen molar-refractivity contribution in [3.8, 4) is 0 Å². The van der Waals surface area contributed by atoms with E-state index in [1.165, 1.54) is 6.07 Å². The summed E-state index contributed by atoms with van der Waals surface area (Å²) in [5, 5.41) is 3.21. The molecule has 1 N–H and O–H groups in total.